The van der Waals surface area contributed by atoms with E-state index >= 15 is 0 Å². The maximum absolute atomic E-state index is 12.6. The van der Waals surface area contributed by atoms with Gasteiger partial charge in [0.1, 0.15) is 5.75 Å². The summed E-state index contributed by atoms with van der Waals surface area (Å²) in [6.07, 6.45) is 0. The number of nitrogens with two attached hydrogens (primary N) is 1. The minimum atomic E-state index is -2.97. The van der Waals surface area contributed by atoms with Crippen LogP contribution in [0.3, 0.4) is 0 Å². The number of carbonyl (C=O) groups excluding carboxylic acids is 1. The van der Waals surface area contributed by atoms with E-state index in [2.05, 4.69) is 4.74 Å². The standard InChI is InChI=1S/C15H20F2N2O4.ClH/c1-8(9(2)18)14(20)19(3)6-10-4-12-13(22-7-21-12)5-11(10)23-15(16)17;/h4-5,8-9,15H,6-7,18H2,1-3H3;1H. The van der Waals surface area contributed by atoms with Gasteiger partial charge in [-0.3, -0.25) is 4.79 Å². The third-order valence-corrected chi connectivity index (χ3v) is 3.73. The first kappa shape index (κ1) is 20.2. The highest BCUT2D eigenvalue weighted by Crippen LogP contribution is 2.39. The van der Waals surface area contributed by atoms with Gasteiger partial charge in [-0.25, -0.2) is 0 Å². The average Bonchev–Trinajstić information content (AvgIpc) is 2.92. The summed E-state index contributed by atoms with van der Waals surface area (Å²) in [7, 11) is 1.58. The van der Waals surface area contributed by atoms with E-state index < -0.39 is 6.61 Å². The van der Waals surface area contributed by atoms with E-state index in [0.29, 0.717) is 17.1 Å². The molecule has 1 aliphatic rings. The summed E-state index contributed by atoms with van der Waals surface area (Å²) in [6.45, 7) is 0.595. The van der Waals surface area contributed by atoms with Crippen LogP contribution < -0.4 is 19.9 Å². The van der Waals surface area contributed by atoms with Gasteiger partial charge in [0.25, 0.3) is 0 Å². The second kappa shape index (κ2) is 8.34. The number of alkyl halides is 2. The molecule has 0 radical (unpaired) electrons. The zero-order valence-electron chi connectivity index (χ0n) is 13.6. The van der Waals surface area contributed by atoms with Crippen LogP contribution in [0, 0.1) is 5.92 Å². The van der Waals surface area contributed by atoms with Crippen molar-refractivity contribution in [3.63, 3.8) is 0 Å². The predicted molar refractivity (Wildman–Crippen MR) is 85.7 cm³/mol. The monoisotopic (exact) mass is 366 g/mol. The normalized spacial score (nSPS) is 14.8. The van der Waals surface area contributed by atoms with Crippen LogP contribution in [-0.2, 0) is 11.3 Å². The molecule has 0 fully saturated rings. The molecule has 136 valence electrons. The largest absolute Gasteiger partial charge is 0.454 e. The molecule has 1 aromatic carbocycles. The van der Waals surface area contributed by atoms with Gasteiger partial charge in [0.15, 0.2) is 11.5 Å². The number of ether oxygens (including phenoxy) is 3. The van der Waals surface area contributed by atoms with E-state index in [-0.39, 0.29) is 49.4 Å². The Kier molecular flexibility index (Phi) is 7.04. The van der Waals surface area contributed by atoms with Crippen molar-refractivity contribution in [2.45, 2.75) is 33.0 Å². The zero-order valence-corrected chi connectivity index (χ0v) is 14.4. The summed E-state index contributed by atoms with van der Waals surface area (Å²) >= 11 is 0. The van der Waals surface area contributed by atoms with Crippen LogP contribution in [0.25, 0.3) is 0 Å². The Morgan fingerprint density at radius 1 is 1.33 bits per heavy atom. The Bertz CT molecular complexity index is 587. The van der Waals surface area contributed by atoms with Crippen LogP contribution in [0.2, 0.25) is 0 Å². The number of amides is 1. The molecule has 0 bridgehead atoms. The van der Waals surface area contributed by atoms with Crippen LogP contribution in [0.5, 0.6) is 17.2 Å². The Morgan fingerprint density at radius 2 is 1.92 bits per heavy atom. The lowest BCUT2D eigenvalue weighted by atomic mass is 10.0. The molecular weight excluding hydrogens is 346 g/mol. The molecule has 24 heavy (non-hydrogen) atoms. The molecule has 2 N–H and O–H groups in total. The fraction of sp³-hybridized carbons (Fsp3) is 0.533. The van der Waals surface area contributed by atoms with Gasteiger partial charge in [-0.05, 0) is 13.0 Å². The highest BCUT2D eigenvalue weighted by molar-refractivity contribution is 5.85. The fourth-order valence-corrected chi connectivity index (χ4v) is 2.20. The second-order valence-electron chi connectivity index (χ2n) is 5.53. The number of carbonyl (C=O) groups is 1. The van der Waals surface area contributed by atoms with Gasteiger partial charge in [0.2, 0.25) is 12.7 Å². The smallest absolute Gasteiger partial charge is 0.387 e. The van der Waals surface area contributed by atoms with Crippen LogP contribution >= 0.6 is 12.4 Å². The molecule has 6 nitrogen and oxygen atoms in total. The molecule has 0 saturated heterocycles. The van der Waals surface area contributed by atoms with E-state index in [1.165, 1.54) is 11.0 Å². The third-order valence-electron chi connectivity index (χ3n) is 3.73. The molecule has 0 aliphatic carbocycles. The molecule has 2 unspecified atom stereocenters. The summed E-state index contributed by atoms with van der Waals surface area (Å²) in [5, 5.41) is 0. The van der Waals surface area contributed by atoms with Crippen molar-refractivity contribution in [2.24, 2.45) is 11.7 Å². The first-order valence-corrected chi connectivity index (χ1v) is 7.17. The van der Waals surface area contributed by atoms with Crippen LogP contribution in [0.1, 0.15) is 19.4 Å². The summed E-state index contributed by atoms with van der Waals surface area (Å²) in [5.74, 6) is 0.163. The third kappa shape index (κ3) is 4.61. The van der Waals surface area contributed by atoms with Crippen molar-refractivity contribution >= 4 is 18.3 Å². The van der Waals surface area contributed by atoms with Crippen molar-refractivity contribution in [3.8, 4) is 17.2 Å². The quantitative estimate of drug-likeness (QED) is 0.836. The summed E-state index contributed by atoms with van der Waals surface area (Å²) < 4.78 is 40.1. The van der Waals surface area contributed by atoms with Crippen molar-refractivity contribution in [2.75, 3.05) is 13.8 Å². The second-order valence-corrected chi connectivity index (χ2v) is 5.53. The van der Waals surface area contributed by atoms with Crippen LogP contribution in [0.4, 0.5) is 8.78 Å². The van der Waals surface area contributed by atoms with Gasteiger partial charge in [0.05, 0.1) is 5.92 Å². The molecule has 2 atom stereocenters. The molecule has 9 heteroatoms. The van der Waals surface area contributed by atoms with Crippen LogP contribution in [0.15, 0.2) is 12.1 Å². The predicted octanol–water partition coefficient (Wildman–Crippen LogP) is 2.38. The summed E-state index contributed by atoms with van der Waals surface area (Å²) in [4.78, 5) is 13.7. The average molecular weight is 367 g/mol. The van der Waals surface area contributed by atoms with Gasteiger partial charge >= 0.3 is 6.61 Å². The minimum absolute atomic E-state index is 0. The highest BCUT2D eigenvalue weighted by Gasteiger charge is 2.24. The van der Waals surface area contributed by atoms with E-state index in [4.69, 9.17) is 15.2 Å². The molecule has 1 aliphatic heterocycles. The van der Waals surface area contributed by atoms with Crippen molar-refractivity contribution in [3.05, 3.63) is 17.7 Å². The number of nitrogens with zero attached hydrogens (tertiary/aromatic N) is 1. The van der Waals surface area contributed by atoms with Crippen LogP contribution in [-0.4, -0.2) is 37.3 Å². The number of fused-ring (bicyclic) bond motifs is 1. The number of rotatable bonds is 6. The van der Waals surface area contributed by atoms with Crippen molar-refractivity contribution < 1.29 is 27.8 Å². The first-order valence-electron chi connectivity index (χ1n) is 7.17. The van der Waals surface area contributed by atoms with E-state index in [9.17, 15) is 13.6 Å². The van der Waals surface area contributed by atoms with Gasteiger partial charge < -0.3 is 24.8 Å². The SMILES string of the molecule is CC(N)C(C)C(=O)N(C)Cc1cc2c(cc1OC(F)F)OCO2.Cl. The zero-order chi connectivity index (χ0) is 17.1. The topological polar surface area (TPSA) is 74.0 Å². The molecule has 1 amide bonds. The number of hydrogen-bond donors (Lipinski definition) is 1. The Hall–Kier alpha value is -1.80. The Labute approximate surface area is 145 Å². The minimum Gasteiger partial charge on any atom is -0.454 e. The first-order chi connectivity index (χ1) is 10.8. The molecule has 0 saturated carbocycles. The number of benzene rings is 1. The molecular formula is C15H21ClF2N2O4. The van der Waals surface area contributed by atoms with Gasteiger partial charge in [-0.1, -0.05) is 6.92 Å². The summed E-state index contributed by atoms with van der Waals surface area (Å²) in [6, 6.07) is 2.58. The molecule has 1 aromatic rings. The Balaban J connectivity index is 0.00000288. The lowest BCUT2D eigenvalue weighted by Gasteiger charge is -2.24. The Morgan fingerprint density at radius 3 is 2.46 bits per heavy atom. The van der Waals surface area contributed by atoms with Gasteiger partial charge in [-0.2, -0.15) is 8.78 Å². The van der Waals surface area contributed by atoms with Gasteiger partial charge in [-0.15, -0.1) is 12.4 Å². The number of hydrogen-bond acceptors (Lipinski definition) is 5. The molecule has 2 rings (SSSR count). The molecule has 1 heterocycles. The van der Waals surface area contributed by atoms with E-state index in [1.807, 2.05) is 0 Å². The van der Waals surface area contributed by atoms with E-state index in [1.54, 1.807) is 27.0 Å². The fourth-order valence-electron chi connectivity index (χ4n) is 2.20. The maximum atomic E-state index is 12.6. The maximum Gasteiger partial charge on any atom is 0.387 e. The lowest BCUT2D eigenvalue weighted by Crippen LogP contribution is -2.39. The van der Waals surface area contributed by atoms with E-state index in [0.717, 1.165) is 0 Å². The summed E-state index contributed by atoms with van der Waals surface area (Å²) in [5.41, 5.74) is 6.13. The number of halogens is 3. The van der Waals surface area contributed by atoms with Crippen molar-refractivity contribution in [1.29, 1.82) is 0 Å². The highest BCUT2D eigenvalue weighted by atomic mass is 35.5. The molecule has 0 spiro atoms. The molecule has 0 aromatic heterocycles. The lowest BCUT2D eigenvalue weighted by molar-refractivity contribution is -0.134. The van der Waals surface area contributed by atoms with Gasteiger partial charge in [0, 0.05) is 31.3 Å². The van der Waals surface area contributed by atoms with Crippen molar-refractivity contribution in [1.82, 2.24) is 4.90 Å².